The van der Waals surface area contributed by atoms with Crippen LogP contribution in [0, 0.1) is 0 Å². The van der Waals surface area contributed by atoms with Crippen LogP contribution in [0.4, 0.5) is 32.0 Å². The Morgan fingerprint density at radius 1 is 0.704 bits per heavy atom. The topological polar surface area (TPSA) is 55.8 Å². The number of ether oxygens (including phenoxy) is 2. The van der Waals surface area contributed by atoms with Crippen molar-refractivity contribution in [2.24, 2.45) is 0 Å². The van der Waals surface area contributed by atoms with Crippen molar-refractivity contribution in [2.45, 2.75) is 12.7 Å². The summed E-state index contributed by atoms with van der Waals surface area (Å²) in [5.41, 5.74) is -0.386. The molecule has 0 saturated heterocycles. The summed E-state index contributed by atoms with van der Waals surface area (Å²) in [5, 5.41) is 0. The third-order valence-electron chi connectivity index (χ3n) is 3.43. The molecule has 27 heavy (non-hydrogen) atoms. The first-order valence-corrected chi connectivity index (χ1v) is 7.09. The molecule has 2 aromatic rings. The van der Waals surface area contributed by atoms with Gasteiger partial charge in [0, 0.05) is 6.07 Å². The second kappa shape index (κ2) is 6.18. The zero-order valence-corrected chi connectivity index (χ0v) is 12.9. The molecular formula is C16H7F6NO4. The van der Waals surface area contributed by atoms with Gasteiger partial charge in [-0.15, -0.1) is 26.3 Å². The van der Waals surface area contributed by atoms with Gasteiger partial charge in [0.1, 0.15) is 0 Å². The number of alkyl halides is 6. The van der Waals surface area contributed by atoms with E-state index in [1.165, 1.54) is 24.3 Å². The maximum Gasteiger partial charge on any atom is 0.573 e. The predicted octanol–water partition coefficient (Wildman–Crippen LogP) is 4.28. The molecule has 2 amide bonds. The van der Waals surface area contributed by atoms with E-state index in [-0.39, 0.29) is 11.1 Å². The number of rotatable bonds is 3. The number of carbonyl (C=O) groups is 2. The molecule has 0 radical (unpaired) electrons. The van der Waals surface area contributed by atoms with Crippen LogP contribution in [0.5, 0.6) is 11.5 Å². The van der Waals surface area contributed by atoms with Crippen LogP contribution in [-0.2, 0) is 0 Å². The average molecular weight is 391 g/mol. The lowest BCUT2D eigenvalue weighted by molar-refractivity contribution is -0.287. The van der Waals surface area contributed by atoms with Crippen molar-refractivity contribution in [3.05, 3.63) is 53.6 Å². The molecule has 11 heteroatoms. The number of hydrogen-bond acceptors (Lipinski definition) is 4. The minimum atomic E-state index is -5.33. The van der Waals surface area contributed by atoms with E-state index in [4.69, 9.17) is 0 Å². The Morgan fingerprint density at radius 3 is 1.67 bits per heavy atom. The molecule has 5 nitrogen and oxygen atoms in total. The normalized spacial score (nSPS) is 14.4. The summed E-state index contributed by atoms with van der Waals surface area (Å²) in [4.78, 5) is 25.2. The summed E-state index contributed by atoms with van der Waals surface area (Å²) in [6, 6.07) is 7.46. The predicted molar refractivity (Wildman–Crippen MR) is 77.4 cm³/mol. The Labute approximate surface area is 146 Å². The number of carbonyl (C=O) groups excluding carboxylic acids is 2. The fourth-order valence-electron chi connectivity index (χ4n) is 2.47. The Morgan fingerprint density at radius 2 is 1.19 bits per heavy atom. The minimum Gasteiger partial charge on any atom is -0.402 e. The van der Waals surface area contributed by atoms with E-state index in [9.17, 15) is 35.9 Å². The van der Waals surface area contributed by atoms with E-state index < -0.39 is 41.7 Å². The molecule has 0 saturated carbocycles. The van der Waals surface area contributed by atoms with Crippen LogP contribution in [0.25, 0.3) is 0 Å². The van der Waals surface area contributed by atoms with Gasteiger partial charge in [-0.3, -0.25) is 9.59 Å². The van der Waals surface area contributed by atoms with Gasteiger partial charge in [-0.25, -0.2) is 4.90 Å². The van der Waals surface area contributed by atoms with Gasteiger partial charge in [0.2, 0.25) is 0 Å². The van der Waals surface area contributed by atoms with E-state index in [2.05, 4.69) is 9.47 Å². The van der Waals surface area contributed by atoms with E-state index in [0.29, 0.717) is 17.0 Å². The Hall–Kier alpha value is -3.24. The van der Waals surface area contributed by atoms with Gasteiger partial charge in [-0.2, -0.15) is 0 Å². The lowest BCUT2D eigenvalue weighted by atomic mass is 10.1. The van der Waals surface area contributed by atoms with Gasteiger partial charge in [0.15, 0.2) is 11.5 Å². The number of imide groups is 1. The first kappa shape index (κ1) is 18.5. The van der Waals surface area contributed by atoms with Crippen molar-refractivity contribution in [3.8, 4) is 11.5 Å². The highest BCUT2D eigenvalue weighted by molar-refractivity contribution is 6.34. The molecule has 1 heterocycles. The van der Waals surface area contributed by atoms with Gasteiger partial charge < -0.3 is 9.47 Å². The number of fused-ring (bicyclic) bond motifs is 1. The van der Waals surface area contributed by atoms with Crippen molar-refractivity contribution in [2.75, 3.05) is 4.90 Å². The van der Waals surface area contributed by atoms with Gasteiger partial charge >= 0.3 is 12.7 Å². The Bertz CT molecular complexity index is 887. The highest BCUT2D eigenvalue weighted by Crippen LogP contribution is 2.40. The second-order valence-corrected chi connectivity index (χ2v) is 5.22. The van der Waals surface area contributed by atoms with Crippen molar-refractivity contribution < 1.29 is 45.4 Å². The van der Waals surface area contributed by atoms with Crippen LogP contribution in [0.2, 0.25) is 0 Å². The summed E-state index contributed by atoms with van der Waals surface area (Å²) >= 11 is 0. The first-order chi connectivity index (χ1) is 12.5. The molecule has 0 spiro atoms. The van der Waals surface area contributed by atoms with E-state index in [0.717, 1.165) is 6.07 Å². The molecule has 3 rings (SSSR count). The number of benzene rings is 2. The molecule has 142 valence electrons. The third-order valence-corrected chi connectivity index (χ3v) is 3.43. The van der Waals surface area contributed by atoms with Crippen LogP contribution in [0.3, 0.4) is 0 Å². The lowest BCUT2D eigenvalue weighted by Gasteiger charge is -2.19. The summed E-state index contributed by atoms with van der Waals surface area (Å²) in [6.07, 6.45) is -10.6. The summed E-state index contributed by atoms with van der Waals surface area (Å²) < 4.78 is 81.8. The quantitative estimate of drug-likeness (QED) is 0.579. The number of anilines is 1. The number of hydrogen-bond donors (Lipinski definition) is 0. The molecule has 0 atom stereocenters. The van der Waals surface area contributed by atoms with Crippen LogP contribution in [-0.4, -0.2) is 24.5 Å². The number of nitrogens with zero attached hydrogens (tertiary/aromatic N) is 1. The average Bonchev–Trinajstić information content (AvgIpc) is 2.79. The van der Waals surface area contributed by atoms with Crippen molar-refractivity contribution in [1.29, 1.82) is 0 Å². The zero-order chi connectivity index (χ0) is 20.0. The van der Waals surface area contributed by atoms with Gasteiger partial charge in [-0.1, -0.05) is 12.1 Å². The monoisotopic (exact) mass is 391 g/mol. The van der Waals surface area contributed by atoms with Crippen LogP contribution < -0.4 is 14.4 Å². The van der Waals surface area contributed by atoms with Crippen LogP contribution in [0.1, 0.15) is 20.7 Å². The summed E-state index contributed by atoms with van der Waals surface area (Å²) in [7, 11) is 0. The van der Waals surface area contributed by atoms with Gasteiger partial charge in [-0.05, 0) is 24.3 Å². The smallest absolute Gasteiger partial charge is 0.402 e. The third kappa shape index (κ3) is 3.81. The highest BCUT2D eigenvalue weighted by Gasteiger charge is 2.39. The standard InChI is InChI=1S/C16H7F6NO4/c17-15(18,19)26-11-6-5-8(7-12(11)27-16(20,21)22)23-13(24)9-3-1-2-4-10(9)14(23)25/h1-7H. The van der Waals surface area contributed by atoms with E-state index in [1.54, 1.807) is 0 Å². The van der Waals surface area contributed by atoms with Crippen LogP contribution >= 0.6 is 0 Å². The molecule has 0 bridgehead atoms. The number of halogens is 6. The highest BCUT2D eigenvalue weighted by atomic mass is 19.4. The van der Waals surface area contributed by atoms with E-state index >= 15 is 0 Å². The Kier molecular flexibility index (Phi) is 4.25. The maximum atomic E-state index is 12.5. The molecular weight excluding hydrogens is 384 g/mol. The number of amides is 2. The van der Waals surface area contributed by atoms with Crippen molar-refractivity contribution >= 4 is 17.5 Å². The first-order valence-electron chi connectivity index (χ1n) is 7.09. The van der Waals surface area contributed by atoms with Crippen molar-refractivity contribution in [1.82, 2.24) is 0 Å². The maximum absolute atomic E-state index is 12.5. The van der Waals surface area contributed by atoms with E-state index in [1.807, 2.05) is 0 Å². The SMILES string of the molecule is O=C1c2ccccc2C(=O)N1c1ccc(OC(F)(F)F)c(OC(F)(F)F)c1. The fourth-order valence-corrected chi connectivity index (χ4v) is 2.47. The zero-order valence-electron chi connectivity index (χ0n) is 12.9. The second-order valence-electron chi connectivity index (χ2n) is 5.22. The lowest BCUT2D eigenvalue weighted by Crippen LogP contribution is -2.29. The molecule has 0 fully saturated rings. The molecule has 1 aliphatic heterocycles. The summed E-state index contributed by atoms with van der Waals surface area (Å²) in [5.74, 6) is -4.30. The molecule has 0 unspecified atom stereocenters. The molecule has 1 aliphatic rings. The molecule has 0 aliphatic carbocycles. The van der Waals surface area contributed by atoms with Gasteiger partial charge in [0.05, 0.1) is 16.8 Å². The molecule has 0 N–H and O–H groups in total. The molecule has 0 aromatic heterocycles. The Balaban J connectivity index is 2.04. The van der Waals surface area contributed by atoms with Crippen LogP contribution in [0.15, 0.2) is 42.5 Å². The largest absolute Gasteiger partial charge is 0.573 e. The molecule has 2 aromatic carbocycles. The summed E-state index contributed by atoms with van der Waals surface area (Å²) in [6.45, 7) is 0. The fraction of sp³-hybridized carbons (Fsp3) is 0.125. The van der Waals surface area contributed by atoms with Gasteiger partial charge in [0.25, 0.3) is 11.8 Å². The minimum absolute atomic E-state index is 0.0106. The van der Waals surface area contributed by atoms with Crippen molar-refractivity contribution in [3.63, 3.8) is 0 Å².